The Kier molecular flexibility index (Phi) is 3.04. The molecule has 20 heavy (non-hydrogen) atoms. The third-order valence-corrected chi connectivity index (χ3v) is 2.42. The van der Waals surface area contributed by atoms with Crippen molar-refractivity contribution in [3.05, 3.63) is 54.6 Å². The van der Waals surface area contributed by atoms with E-state index in [0.29, 0.717) is 0 Å². The number of nitrogens with zero attached hydrogens (tertiary/aromatic N) is 6. The Balaban J connectivity index is 1.83. The van der Waals surface area contributed by atoms with E-state index in [1.54, 1.807) is 4.68 Å². The fourth-order valence-corrected chi connectivity index (χ4v) is 1.53. The van der Waals surface area contributed by atoms with Crippen LogP contribution in [0, 0.1) is 11.3 Å². The average molecular weight is 264 g/mol. The molecule has 0 unspecified atom stereocenters. The van der Waals surface area contributed by atoms with Crippen LogP contribution in [0.5, 0.6) is 12.0 Å². The molecule has 0 amide bonds. The van der Waals surface area contributed by atoms with Gasteiger partial charge in [0.2, 0.25) is 0 Å². The third kappa shape index (κ3) is 2.44. The number of hydrogen-bond acceptors (Lipinski definition) is 6. The quantitative estimate of drug-likeness (QED) is 0.715. The van der Waals surface area contributed by atoms with Crippen LogP contribution in [0.1, 0.15) is 5.69 Å². The number of para-hydroxylation sites is 1. The van der Waals surface area contributed by atoms with Crippen molar-refractivity contribution < 1.29 is 4.74 Å². The lowest BCUT2D eigenvalue weighted by atomic mass is 10.3. The van der Waals surface area contributed by atoms with E-state index in [2.05, 4.69) is 20.1 Å². The summed E-state index contributed by atoms with van der Waals surface area (Å²) in [5.74, 6) is 0. The van der Waals surface area contributed by atoms with Crippen molar-refractivity contribution in [2.45, 2.75) is 0 Å². The molecule has 7 nitrogen and oxygen atoms in total. The van der Waals surface area contributed by atoms with E-state index >= 15 is 0 Å². The largest absolute Gasteiger partial charge is 0.387 e. The molecule has 0 N–H and O–H groups in total. The van der Waals surface area contributed by atoms with Gasteiger partial charge in [-0.2, -0.15) is 15.2 Å². The SMILES string of the molecule is N#Cc1ccnc(Oc2ncn(-c3ccccc3)n2)n1. The van der Waals surface area contributed by atoms with Crippen molar-refractivity contribution in [2.24, 2.45) is 0 Å². The van der Waals surface area contributed by atoms with Gasteiger partial charge < -0.3 is 4.74 Å². The molecule has 0 saturated carbocycles. The molecular formula is C13H8N6O. The summed E-state index contributed by atoms with van der Waals surface area (Å²) in [5.41, 5.74) is 1.08. The van der Waals surface area contributed by atoms with E-state index in [1.165, 1.54) is 18.6 Å². The fraction of sp³-hybridized carbons (Fsp3) is 0. The molecule has 0 aliphatic heterocycles. The first-order valence-electron chi connectivity index (χ1n) is 5.73. The van der Waals surface area contributed by atoms with Crippen molar-refractivity contribution in [3.8, 4) is 23.8 Å². The predicted octanol–water partition coefficient (Wildman–Crippen LogP) is 1.72. The molecule has 0 fully saturated rings. The number of aromatic nitrogens is 5. The zero-order valence-corrected chi connectivity index (χ0v) is 10.2. The highest BCUT2D eigenvalue weighted by molar-refractivity contribution is 5.29. The number of hydrogen-bond donors (Lipinski definition) is 0. The molecule has 3 rings (SSSR count). The molecule has 7 heteroatoms. The molecule has 0 aliphatic carbocycles. The van der Waals surface area contributed by atoms with Gasteiger partial charge in [-0.3, -0.25) is 0 Å². The molecule has 1 aromatic carbocycles. The van der Waals surface area contributed by atoms with Gasteiger partial charge in [0.25, 0.3) is 0 Å². The second-order valence-corrected chi connectivity index (χ2v) is 3.75. The van der Waals surface area contributed by atoms with Crippen molar-refractivity contribution in [2.75, 3.05) is 0 Å². The number of ether oxygens (including phenoxy) is 1. The lowest BCUT2D eigenvalue weighted by molar-refractivity contribution is 0.406. The minimum Gasteiger partial charge on any atom is -0.387 e. The summed E-state index contributed by atoms with van der Waals surface area (Å²) >= 11 is 0. The molecule has 0 bridgehead atoms. The van der Waals surface area contributed by atoms with Crippen molar-refractivity contribution in [3.63, 3.8) is 0 Å². The van der Waals surface area contributed by atoms with E-state index in [-0.39, 0.29) is 17.7 Å². The van der Waals surface area contributed by atoms with E-state index in [1.807, 2.05) is 36.4 Å². The second-order valence-electron chi connectivity index (χ2n) is 3.75. The topological polar surface area (TPSA) is 89.5 Å². The Bertz CT molecular complexity index is 762. The minimum absolute atomic E-state index is 0.0369. The van der Waals surface area contributed by atoms with Crippen molar-refractivity contribution in [1.82, 2.24) is 24.7 Å². The first-order valence-corrected chi connectivity index (χ1v) is 5.73. The van der Waals surface area contributed by atoms with Gasteiger partial charge in [0.15, 0.2) is 0 Å². The Morgan fingerprint density at radius 1 is 1.05 bits per heavy atom. The lowest BCUT2D eigenvalue weighted by Gasteiger charge is -1.99. The summed E-state index contributed by atoms with van der Waals surface area (Å²) in [6, 6.07) is 13.1. The maximum atomic E-state index is 8.75. The average Bonchev–Trinajstić information content (AvgIpc) is 2.97. The molecule has 0 aliphatic rings. The van der Waals surface area contributed by atoms with Crippen molar-refractivity contribution >= 4 is 0 Å². The highest BCUT2D eigenvalue weighted by Gasteiger charge is 2.07. The first kappa shape index (κ1) is 11.8. The first-order chi connectivity index (χ1) is 9.85. The Labute approximate surface area is 114 Å². The Hall–Kier alpha value is -3.27. The lowest BCUT2D eigenvalue weighted by Crippen LogP contribution is -1.97. The summed E-state index contributed by atoms with van der Waals surface area (Å²) in [4.78, 5) is 11.8. The van der Waals surface area contributed by atoms with Crippen LogP contribution in [-0.4, -0.2) is 24.7 Å². The molecule has 0 spiro atoms. The Morgan fingerprint density at radius 2 is 1.90 bits per heavy atom. The second kappa shape index (κ2) is 5.16. The zero-order valence-electron chi connectivity index (χ0n) is 10.2. The van der Waals surface area contributed by atoms with Crippen LogP contribution in [0.15, 0.2) is 48.9 Å². The molecular weight excluding hydrogens is 256 g/mol. The van der Waals surface area contributed by atoms with Crippen LogP contribution in [0.3, 0.4) is 0 Å². The van der Waals surface area contributed by atoms with Crippen LogP contribution >= 0.6 is 0 Å². The maximum Gasteiger partial charge on any atom is 0.343 e. The maximum absolute atomic E-state index is 8.75. The number of rotatable bonds is 3. The van der Waals surface area contributed by atoms with E-state index in [9.17, 15) is 0 Å². The fourth-order valence-electron chi connectivity index (χ4n) is 1.53. The van der Waals surface area contributed by atoms with Crippen LogP contribution in [-0.2, 0) is 0 Å². The number of nitriles is 1. The molecule has 2 aromatic heterocycles. The number of benzene rings is 1. The van der Waals surface area contributed by atoms with Gasteiger partial charge in [0.05, 0.1) is 5.69 Å². The highest BCUT2D eigenvalue weighted by atomic mass is 16.5. The van der Waals surface area contributed by atoms with Crippen LogP contribution in [0.25, 0.3) is 5.69 Å². The van der Waals surface area contributed by atoms with Gasteiger partial charge in [0, 0.05) is 6.20 Å². The third-order valence-electron chi connectivity index (χ3n) is 2.42. The van der Waals surface area contributed by atoms with Crippen LogP contribution in [0.4, 0.5) is 0 Å². The smallest absolute Gasteiger partial charge is 0.343 e. The summed E-state index contributed by atoms with van der Waals surface area (Å²) < 4.78 is 6.88. The van der Waals surface area contributed by atoms with E-state index < -0.39 is 0 Å². The molecule has 0 saturated heterocycles. The minimum atomic E-state index is 0.0369. The molecule has 3 aromatic rings. The van der Waals surface area contributed by atoms with E-state index in [4.69, 9.17) is 10.00 Å². The summed E-state index contributed by atoms with van der Waals surface area (Å²) in [6.45, 7) is 0. The summed E-state index contributed by atoms with van der Waals surface area (Å²) in [5, 5.41) is 12.9. The van der Waals surface area contributed by atoms with Crippen molar-refractivity contribution in [1.29, 1.82) is 5.26 Å². The van der Waals surface area contributed by atoms with Crippen LogP contribution < -0.4 is 4.74 Å². The van der Waals surface area contributed by atoms with E-state index in [0.717, 1.165) is 5.69 Å². The molecule has 0 atom stereocenters. The summed E-state index contributed by atoms with van der Waals surface area (Å²) in [7, 11) is 0. The highest BCUT2D eigenvalue weighted by Crippen LogP contribution is 2.13. The summed E-state index contributed by atoms with van der Waals surface area (Å²) in [6.07, 6.45) is 2.97. The molecule has 96 valence electrons. The normalized spacial score (nSPS) is 9.95. The van der Waals surface area contributed by atoms with Gasteiger partial charge in [-0.05, 0) is 18.2 Å². The molecule has 0 radical (unpaired) electrons. The van der Waals surface area contributed by atoms with Gasteiger partial charge in [0.1, 0.15) is 18.1 Å². The monoisotopic (exact) mass is 264 g/mol. The van der Waals surface area contributed by atoms with Gasteiger partial charge in [-0.1, -0.05) is 18.2 Å². The van der Waals surface area contributed by atoms with Gasteiger partial charge in [-0.25, -0.2) is 9.67 Å². The predicted molar refractivity (Wildman–Crippen MR) is 68.2 cm³/mol. The van der Waals surface area contributed by atoms with Gasteiger partial charge in [-0.15, -0.1) is 5.10 Å². The van der Waals surface area contributed by atoms with Gasteiger partial charge >= 0.3 is 12.0 Å². The molecule has 2 heterocycles. The standard InChI is InChI=1S/C13H8N6O/c14-8-10-6-7-15-12(17-10)20-13-16-9-19(18-13)11-4-2-1-3-5-11/h1-7,9H. The zero-order chi connectivity index (χ0) is 13.8. The Morgan fingerprint density at radius 3 is 2.70 bits per heavy atom. The van der Waals surface area contributed by atoms with Crippen LogP contribution in [0.2, 0.25) is 0 Å².